The molecule has 0 spiro atoms. The van der Waals surface area contributed by atoms with Gasteiger partial charge in [-0.3, -0.25) is 9.20 Å². The lowest BCUT2D eigenvalue weighted by molar-refractivity contribution is -0.137. The van der Waals surface area contributed by atoms with E-state index in [0.29, 0.717) is 18.7 Å². The average molecular weight is 524 g/mol. The van der Waals surface area contributed by atoms with Gasteiger partial charge in [-0.25, -0.2) is 8.42 Å². The first kappa shape index (κ1) is 25.6. The van der Waals surface area contributed by atoms with Crippen molar-refractivity contribution in [1.82, 2.24) is 24.2 Å². The van der Waals surface area contributed by atoms with Gasteiger partial charge in [0, 0.05) is 25.4 Å². The molecule has 1 N–H and O–H groups in total. The molecule has 0 aliphatic carbocycles. The van der Waals surface area contributed by atoms with Gasteiger partial charge >= 0.3 is 6.18 Å². The number of halogens is 3. The van der Waals surface area contributed by atoms with Crippen molar-refractivity contribution in [3.8, 4) is 5.75 Å². The summed E-state index contributed by atoms with van der Waals surface area (Å²) in [6.07, 6.45) is 1.54. The molecular weight excluding hydrogens is 499 g/mol. The molecule has 1 aliphatic heterocycles. The van der Waals surface area contributed by atoms with Crippen LogP contribution in [0.3, 0.4) is 0 Å². The van der Waals surface area contributed by atoms with E-state index in [9.17, 15) is 26.4 Å². The highest BCUT2D eigenvalue weighted by molar-refractivity contribution is 7.89. The number of carbonyl (C=O) groups excluding carboxylic acids is 1. The Hall–Kier alpha value is -3.45. The van der Waals surface area contributed by atoms with E-state index in [1.807, 2.05) is 0 Å². The third kappa shape index (κ3) is 5.51. The Morgan fingerprint density at radius 1 is 1.14 bits per heavy atom. The summed E-state index contributed by atoms with van der Waals surface area (Å²) in [7, 11) is -2.38. The zero-order valence-electron chi connectivity index (χ0n) is 19.3. The Kier molecular flexibility index (Phi) is 7.31. The number of carbonyl (C=O) groups is 1. The number of nitrogens with one attached hydrogen (secondary N) is 1. The van der Waals surface area contributed by atoms with Crippen LogP contribution >= 0.6 is 0 Å². The van der Waals surface area contributed by atoms with Crippen LogP contribution in [-0.4, -0.2) is 53.4 Å². The lowest BCUT2D eigenvalue weighted by atomic mass is 10.2. The van der Waals surface area contributed by atoms with Gasteiger partial charge in [0.25, 0.3) is 0 Å². The molecule has 0 saturated carbocycles. The molecule has 0 unspecified atom stereocenters. The van der Waals surface area contributed by atoms with E-state index in [0.717, 1.165) is 35.9 Å². The molecule has 0 atom stereocenters. The van der Waals surface area contributed by atoms with Gasteiger partial charge in [0.1, 0.15) is 10.6 Å². The first-order valence-electron chi connectivity index (χ1n) is 11.1. The van der Waals surface area contributed by atoms with E-state index in [1.54, 1.807) is 6.07 Å². The number of hydrogen-bond acceptors (Lipinski definition) is 6. The molecule has 1 fully saturated rings. The Morgan fingerprint density at radius 3 is 2.58 bits per heavy atom. The topological polar surface area (TPSA) is 106 Å². The number of alkyl halides is 3. The zero-order chi connectivity index (χ0) is 25.9. The number of hydrogen-bond donors (Lipinski definition) is 1. The summed E-state index contributed by atoms with van der Waals surface area (Å²) in [5.41, 5.74) is -0.190. The molecule has 36 heavy (non-hydrogen) atoms. The second-order valence-corrected chi connectivity index (χ2v) is 10.1. The van der Waals surface area contributed by atoms with Crippen LogP contribution in [0, 0.1) is 0 Å². The minimum absolute atomic E-state index is 0.0184. The van der Waals surface area contributed by atoms with Gasteiger partial charge in [-0.1, -0.05) is 12.5 Å². The van der Waals surface area contributed by atoms with Crippen molar-refractivity contribution in [3.05, 3.63) is 59.6 Å². The van der Waals surface area contributed by atoms with Crippen LogP contribution in [0.4, 0.5) is 13.2 Å². The number of nitrogens with zero attached hydrogens (tertiary/aromatic N) is 4. The molecule has 0 bridgehead atoms. The zero-order valence-corrected chi connectivity index (χ0v) is 20.1. The number of aromatic nitrogens is 3. The van der Waals surface area contributed by atoms with Crippen molar-refractivity contribution in [2.45, 2.75) is 36.9 Å². The highest BCUT2D eigenvalue weighted by Crippen LogP contribution is 2.30. The molecule has 1 saturated heterocycles. The van der Waals surface area contributed by atoms with Crippen LogP contribution in [0.15, 0.2) is 47.5 Å². The van der Waals surface area contributed by atoms with Crippen LogP contribution in [-0.2, 0) is 27.5 Å². The summed E-state index contributed by atoms with van der Waals surface area (Å²) in [6.45, 7) is 0.717. The lowest BCUT2D eigenvalue weighted by Crippen LogP contribution is -2.35. The van der Waals surface area contributed by atoms with Gasteiger partial charge in [-0.15, -0.1) is 10.2 Å². The minimum Gasteiger partial charge on any atom is -0.495 e. The first-order chi connectivity index (χ1) is 17.1. The number of amides is 1. The highest BCUT2D eigenvalue weighted by Gasteiger charge is 2.31. The van der Waals surface area contributed by atoms with Crippen molar-refractivity contribution in [2.75, 3.05) is 20.2 Å². The molecule has 13 heteroatoms. The van der Waals surface area contributed by atoms with E-state index < -0.39 is 27.7 Å². The molecule has 2 aromatic heterocycles. The first-order valence-corrected chi connectivity index (χ1v) is 12.6. The van der Waals surface area contributed by atoms with Gasteiger partial charge < -0.3 is 10.1 Å². The molecule has 1 aromatic carbocycles. The van der Waals surface area contributed by atoms with Crippen LogP contribution in [0.25, 0.3) is 11.7 Å². The summed E-state index contributed by atoms with van der Waals surface area (Å²) in [4.78, 5) is 12.4. The Labute approximate surface area is 205 Å². The smallest absolute Gasteiger partial charge is 0.417 e. The fourth-order valence-electron chi connectivity index (χ4n) is 3.87. The predicted molar refractivity (Wildman–Crippen MR) is 124 cm³/mol. The Bertz CT molecular complexity index is 1400. The van der Waals surface area contributed by atoms with Gasteiger partial charge in [-0.2, -0.15) is 17.5 Å². The highest BCUT2D eigenvalue weighted by atomic mass is 32.2. The molecule has 1 amide bonds. The second-order valence-electron chi connectivity index (χ2n) is 8.19. The molecule has 0 radical (unpaired) electrons. The third-order valence-corrected chi connectivity index (χ3v) is 7.69. The predicted octanol–water partition coefficient (Wildman–Crippen LogP) is 3.26. The fourth-order valence-corrected chi connectivity index (χ4v) is 5.57. The number of pyridine rings is 1. The Balaban J connectivity index is 1.47. The van der Waals surface area contributed by atoms with Crippen molar-refractivity contribution in [3.63, 3.8) is 0 Å². The summed E-state index contributed by atoms with van der Waals surface area (Å²) in [5.74, 6) is -0.216. The van der Waals surface area contributed by atoms with Gasteiger partial charge in [0.15, 0.2) is 11.5 Å². The fraction of sp³-hybridized carbons (Fsp3) is 0.348. The lowest BCUT2D eigenvalue weighted by Gasteiger charge is -2.26. The minimum atomic E-state index is -4.53. The third-order valence-electron chi connectivity index (χ3n) is 5.77. The normalized spacial score (nSPS) is 15.4. The largest absolute Gasteiger partial charge is 0.495 e. The monoisotopic (exact) mass is 523 g/mol. The summed E-state index contributed by atoms with van der Waals surface area (Å²) < 4.78 is 73.1. The van der Waals surface area contributed by atoms with E-state index in [4.69, 9.17) is 4.74 Å². The maximum Gasteiger partial charge on any atom is 0.417 e. The SMILES string of the molecule is COc1ccc(/C=C/C(=O)NCc2nnc3ccc(C(F)(F)F)cn23)cc1S(=O)(=O)N1CCCCC1. The number of piperidine rings is 1. The molecular formula is C23H24F3N5O4S. The maximum absolute atomic E-state index is 13.1. The van der Waals surface area contributed by atoms with Gasteiger partial charge in [-0.05, 0) is 48.7 Å². The van der Waals surface area contributed by atoms with E-state index in [1.165, 1.54) is 41.8 Å². The second kappa shape index (κ2) is 10.3. The number of methoxy groups -OCH3 is 1. The molecule has 9 nitrogen and oxygen atoms in total. The van der Waals surface area contributed by atoms with Crippen molar-refractivity contribution in [2.24, 2.45) is 0 Å². The molecule has 3 heterocycles. The summed E-state index contributed by atoms with van der Waals surface area (Å²) in [6, 6.07) is 6.68. The van der Waals surface area contributed by atoms with E-state index in [2.05, 4.69) is 15.5 Å². The van der Waals surface area contributed by atoms with Crippen LogP contribution in [0.5, 0.6) is 5.75 Å². The van der Waals surface area contributed by atoms with Crippen LogP contribution in [0.1, 0.15) is 36.2 Å². The number of benzene rings is 1. The van der Waals surface area contributed by atoms with Crippen molar-refractivity contribution in [1.29, 1.82) is 0 Å². The molecule has 4 rings (SSSR count). The van der Waals surface area contributed by atoms with Crippen molar-refractivity contribution >= 4 is 27.7 Å². The standard InChI is InChI=1S/C23H24F3N5O4S/c1-35-18-8-5-16(13-19(18)36(33,34)30-11-3-2-4-12-30)6-10-22(32)27-14-21-29-28-20-9-7-17(15-31(20)21)23(24,25)26/h5-10,13,15H,2-4,11-12,14H2,1H3,(H,27,32)/b10-6+. The maximum atomic E-state index is 13.1. The van der Waals surface area contributed by atoms with E-state index in [-0.39, 0.29) is 28.7 Å². The molecule has 1 aliphatic rings. The van der Waals surface area contributed by atoms with E-state index >= 15 is 0 Å². The van der Waals surface area contributed by atoms with Crippen LogP contribution in [0.2, 0.25) is 0 Å². The number of rotatable bonds is 7. The van der Waals surface area contributed by atoms with Gasteiger partial charge in [0.2, 0.25) is 15.9 Å². The number of ether oxygens (including phenoxy) is 1. The van der Waals surface area contributed by atoms with Crippen LogP contribution < -0.4 is 10.1 Å². The number of sulfonamides is 1. The van der Waals surface area contributed by atoms with Crippen molar-refractivity contribution < 1.29 is 31.1 Å². The number of fused-ring (bicyclic) bond motifs is 1. The molecule has 3 aromatic rings. The summed E-state index contributed by atoms with van der Waals surface area (Å²) >= 11 is 0. The molecule has 192 valence electrons. The average Bonchev–Trinajstić information content (AvgIpc) is 3.28. The Morgan fingerprint density at radius 2 is 1.89 bits per heavy atom. The van der Waals surface area contributed by atoms with Gasteiger partial charge in [0.05, 0.1) is 19.2 Å². The quantitative estimate of drug-likeness (QED) is 0.477. The summed E-state index contributed by atoms with van der Waals surface area (Å²) in [5, 5.41) is 10.2.